The maximum Gasteiger partial charge on any atom is 0.434 e. The van der Waals surface area contributed by atoms with Crippen molar-refractivity contribution in [3.63, 3.8) is 0 Å². The molecule has 0 bridgehead atoms. The van der Waals surface area contributed by atoms with E-state index in [0.717, 1.165) is 13.2 Å². The molecule has 0 aliphatic rings. The highest BCUT2D eigenvalue weighted by Gasteiger charge is 2.41. The number of hydrogen-bond acceptors (Lipinski definition) is 5. The molecule has 1 N–H and O–H groups in total. The summed E-state index contributed by atoms with van der Waals surface area (Å²) in [6.45, 7) is 0.0465. The Hall–Kier alpha value is -1.88. The fraction of sp³-hybridized carbons (Fsp3) is 0.455. The van der Waals surface area contributed by atoms with Gasteiger partial charge in [0.25, 0.3) is 0 Å². The van der Waals surface area contributed by atoms with Gasteiger partial charge in [-0.2, -0.15) is 17.5 Å². The number of pyridine rings is 1. The minimum absolute atomic E-state index is 0.308. The molecule has 0 atom stereocenters. The smallest absolute Gasteiger partial charge is 0.434 e. The normalized spacial score (nSPS) is 12.5. The van der Waals surface area contributed by atoms with Crippen molar-refractivity contribution < 1.29 is 36.2 Å². The lowest BCUT2D eigenvalue weighted by Gasteiger charge is -2.20. The summed E-state index contributed by atoms with van der Waals surface area (Å²) in [5.41, 5.74) is -1.66. The van der Waals surface area contributed by atoms with E-state index in [1.165, 1.54) is 6.92 Å². The molecule has 0 amide bonds. The van der Waals surface area contributed by atoms with Crippen molar-refractivity contribution in [3.05, 3.63) is 17.8 Å². The zero-order valence-electron chi connectivity index (χ0n) is 11.6. The van der Waals surface area contributed by atoms with Gasteiger partial charge in [-0.15, -0.1) is 0 Å². The van der Waals surface area contributed by atoms with Gasteiger partial charge in [-0.25, -0.2) is 13.4 Å². The van der Waals surface area contributed by atoms with Crippen LogP contribution in [0.3, 0.4) is 0 Å². The highest BCUT2D eigenvalue weighted by Crippen LogP contribution is 2.35. The van der Waals surface area contributed by atoms with E-state index in [0.29, 0.717) is 10.4 Å². The lowest BCUT2D eigenvalue weighted by molar-refractivity contribution is -0.143. The number of carboxylic acids is 1. The van der Waals surface area contributed by atoms with Gasteiger partial charge >= 0.3 is 12.1 Å². The highest BCUT2D eigenvalue weighted by molar-refractivity contribution is 7.89. The first-order valence-electron chi connectivity index (χ1n) is 5.88. The van der Waals surface area contributed by atoms with Crippen LogP contribution in [0, 0.1) is 0 Å². The number of aromatic nitrogens is 1. The van der Waals surface area contributed by atoms with Crippen molar-refractivity contribution in [2.45, 2.75) is 18.0 Å². The zero-order chi connectivity index (χ0) is 17.1. The number of alkyl halides is 3. The van der Waals surface area contributed by atoms with Gasteiger partial charge in [-0.05, 0) is 6.07 Å². The van der Waals surface area contributed by atoms with Crippen LogP contribution in [0.5, 0.6) is 5.88 Å². The van der Waals surface area contributed by atoms with Crippen molar-refractivity contribution in [1.29, 1.82) is 0 Å². The lowest BCUT2D eigenvalue weighted by atomic mass is 10.3. The third-order valence-corrected chi connectivity index (χ3v) is 4.54. The van der Waals surface area contributed by atoms with Crippen LogP contribution in [-0.2, 0) is 21.0 Å². The molecule has 0 unspecified atom stereocenters. The van der Waals surface area contributed by atoms with Crippen LogP contribution >= 0.6 is 0 Å². The molecule has 22 heavy (non-hydrogen) atoms. The highest BCUT2D eigenvalue weighted by atomic mass is 32.2. The van der Waals surface area contributed by atoms with Gasteiger partial charge in [0.2, 0.25) is 15.9 Å². The second-order valence-electron chi connectivity index (χ2n) is 4.02. The Bertz CT molecular complexity index is 660. The second kappa shape index (κ2) is 6.48. The van der Waals surface area contributed by atoms with E-state index < -0.39 is 45.2 Å². The number of sulfonamides is 1. The Morgan fingerprint density at radius 1 is 1.41 bits per heavy atom. The van der Waals surface area contributed by atoms with Crippen LogP contribution in [0.15, 0.2) is 17.0 Å². The molecular weight excluding hydrogens is 329 g/mol. The molecule has 1 aromatic heterocycles. The molecular formula is C11H13F3N2O5S. The molecule has 0 aliphatic carbocycles. The van der Waals surface area contributed by atoms with Gasteiger partial charge in [0.1, 0.15) is 11.4 Å². The summed E-state index contributed by atoms with van der Waals surface area (Å²) in [4.78, 5) is 12.7. The average molecular weight is 342 g/mol. The molecule has 0 spiro atoms. The van der Waals surface area contributed by atoms with Crippen LogP contribution in [0.2, 0.25) is 0 Å². The summed E-state index contributed by atoms with van der Waals surface area (Å²) in [6, 6.07) is 1.64. The summed E-state index contributed by atoms with van der Waals surface area (Å²) < 4.78 is 68.5. The van der Waals surface area contributed by atoms with Crippen LogP contribution in [0.1, 0.15) is 12.6 Å². The molecule has 11 heteroatoms. The minimum atomic E-state index is -5.04. The zero-order valence-corrected chi connectivity index (χ0v) is 12.4. The van der Waals surface area contributed by atoms with Crippen molar-refractivity contribution >= 4 is 16.0 Å². The van der Waals surface area contributed by atoms with Crippen molar-refractivity contribution in [1.82, 2.24) is 9.29 Å². The van der Waals surface area contributed by atoms with Gasteiger partial charge in [-0.3, -0.25) is 4.79 Å². The predicted molar refractivity (Wildman–Crippen MR) is 67.9 cm³/mol. The fourth-order valence-electron chi connectivity index (χ4n) is 1.61. The first-order valence-corrected chi connectivity index (χ1v) is 7.32. The number of methoxy groups -OCH3 is 1. The summed E-state index contributed by atoms with van der Waals surface area (Å²) in [7, 11) is -3.59. The molecule has 0 fully saturated rings. The maximum atomic E-state index is 13.0. The van der Waals surface area contributed by atoms with Gasteiger partial charge in [-0.1, -0.05) is 6.92 Å². The van der Waals surface area contributed by atoms with Crippen molar-refractivity contribution in [2.24, 2.45) is 0 Å². The number of rotatable bonds is 6. The van der Waals surface area contributed by atoms with Crippen LogP contribution < -0.4 is 4.74 Å². The molecule has 0 saturated heterocycles. The Morgan fingerprint density at radius 3 is 2.41 bits per heavy atom. The van der Waals surface area contributed by atoms with E-state index in [4.69, 9.17) is 5.11 Å². The predicted octanol–water partition coefficient (Wildman–Crippen LogP) is 1.20. The molecule has 1 aromatic rings. The molecule has 1 rings (SSSR count). The quantitative estimate of drug-likeness (QED) is 0.834. The maximum absolute atomic E-state index is 13.0. The molecule has 0 radical (unpaired) electrons. The fourth-order valence-corrected chi connectivity index (χ4v) is 3.15. The first-order chi connectivity index (χ1) is 10.0. The average Bonchev–Trinajstić information content (AvgIpc) is 2.42. The van der Waals surface area contributed by atoms with Gasteiger partial charge in [0.05, 0.1) is 7.11 Å². The number of halogens is 3. The summed E-state index contributed by atoms with van der Waals surface area (Å²) in [5, 5.41) is 8.67. The van der Waals surface area contributed by atoms with E-state index in [-0.39, 0.29) is 6.54 Å². The third kappa shape index (κ3) is 3.85. The SMILES string of the molecule is CCN(CC(=O)O)S(=O)(=O)c1ccc(OC)nc1C(F)(F)F. The Kier molecular flexibility index (Phi) is 5.35. The molecule has 1 heterocycles. The van der Waals surface area contributed by atoms with Crippen LogP contribution in [0.4, 0.5) is 13.2 Å². The summed E-state index contributed by atoms with van der Waals surface area (Å²) in [5.74, 6) is -1.90. The van der Waals surface area contributed by atoms with E-state index in [2.05, 4.69) is 9.72 Å². The third-order valence-electron chi connectivity index (χ3n) is 2.59. The molecule has 0 aliphatic heterocycles. The van der Waals surface area contributed by atoms with Gasteiger partial charge in [0, 0.05) is 12.6 Å². The van der Waals surface area contributed by atoms with Crippen LogP contribution in [0.25, 0.3) is 0 Å². The van der Waals surface area contributed by atoms with Gasteiger partial charge < -0.3 is 9.84 Å². The number of aliphatic carboxylic acids is 1. The minimum Gasteiger partial charge on any atom is -0.481 e. The Balaban J connectivity index is 3.50. The number of nitrogens with zero attached hydrogens (tertiary/aromatic N) is 2. The number of carboxylic acid groups (broad SMARTS) is 1. The first kappa shape index (κ1) is 18.2. The van der Waals surface area contributed by atoms with Crippen LogP contribution in [-0.4, -0.2) is 49.0 Å². The van der Waals surface area contributed by atoms with Crippen molar-refractivity contribution in [2.75, 3.05) is 20.2 Å². The van der Waals surface area contributed by atoms with E-state index in [9.17, 15) is 26.4 Å². The van der Waals surface area contributed by atoms with Gasteiger partial charge in [0.15, 0.2) is 5.69 Å². The molecule has 124 valence electrons. The van der Waals surface area contributed by atoms with E-state index in [1.807, 2.05) is 0 Å². The number of hydrogen-bond donors (Lipinski definition) is 1. The number of ether oxygens (including phenoxy) is 1. The Morgan fingerprint density at radius 2 is 2.00 bits per heavy atom. The molecule has 7 nitrogen and oxygen atoms in total. The largest absolute Gasteiger partial charge is 0.481 e. The molecule has 0 aromatic carbocycles. The monoisotopic (exact) mass is 342 g/mol. The Labute approximate surface area is 124 Å². The van der Waals surface area contributed by atoms with Crippen molar-refractivity contribution in [3.8, 4) is 5.88 Å². The molecule has 0 saturated carbocycles. The second-order valence-corrected chi connectivity index (χ2v) is 5.93. The number of likely N-dealkylation sites (N-methyl/N-ethyl adjacent to an activating group) is 1. The van der Waals surface area contributed by atoms with E-state index >= 15 is 0 Å². The lowest BCUT2D eigenvalue weighted by Crippen LogP contribution is -2.36. The standard InChI is InChI=1S/C11H13F3N2O5S/c1-3-16(6-9(17)18)22(19,20)7-4-5-8(21-2)15-10(7)11(12,13)14/h4-5H,3,6H2,1-2H3,(H,17,18). The number of carbonyl (C=O) groups is 1. The topological polar surface area (TPSA) is 96.8 Å². The van der Waals surface area contributed by atoms with E-state index in [1.54, 1.807) is 0 Å². The summed E-state index contributed by atoms with van der Waals surface area (Å²) >= 11 is 0. The summed E-state index contributed by atoms with van der Waals surface area (Å²) in [6.07, 6.45) is -5.04.